The SMILES string of the molecule is CN(CCN(C)C(=O)Oc1ccc2ccc(=O)oc2c1)C(=O)OCCSC(CC(=O)O)NC(=O)Cc1ccccc1. The molecule has 0 fully saturated rings. The highest BCUT2D eigenvalue weighted by Gasteiger charge is 2.19. The molecule has 1 unspecified atom stereocenters. The summed E-state index contributed by atoms with van der Waals surface area (Å²) in [6.07, 6.45) is -1.45. The summed E-state index contributed by atoms with van der Waals surface area (Å²) < 4.78 is 15.7. The number of thioether (sulfide) groups is 1. The Kier molecular flexibility index (Phi) is 11.6. The average molecular weight is 586 g/mol. The minimum absolute atomic E-state index is 0.00547. The van der Waals surface area contributed by atoms with Crippen molar-refractivity contribution >= 4 is 46.8 Å². The molecule has 1 heterocycles. The molecule has 3 rings (SSSR count). The number of benzene rings is 2. The first-order valence-electron chi connectivity index (χ1n) is 12.6. The van der Waals surface area contributed by atoms with E-state index in [0.29, 0.717) is 5.39 Å². The zero-order valence-electron chi connectivity index (χ0n) is 22.6. The van der Waals surface area contributed by atoms with Crippen molar-refractivity contribution in [2.24, 2.45) is 0 Å². The van der Waals surface area contributed by atoms with E-state index < -0.39 is 29.2 Å². The molecule has 0 spiro atoms. The molecule has 0 aliphatic rings. The molecule has 12 nitrogen and oxygen atoms in total. The number of likely N-dealkylation sites (N-methyl/N-ethyl adjacent to an activating group) is 2. The van der Waals surface area contributed by atoms with Crippen LogP contribution in [0.15, 0.2) is 69.9 Å². The van der Waals surface area contributed by atoms with Crippen molar-refractivity contribution in [2.45, 2.75) is 18.2 Å². The van der Waals surface area contributed by atoms with Gasteiger partial charge in [0.1, 0.15) is 17.9 Å². The lowest BCUT2D eigenvalue weighted by atomic mass is 10.1. The zero-order valence-corrected chi connectivity index (χ0v) is 23.4. The van der Waals surface area contributed by atoms with Crippen LogP contribution >= 0.6 is 11.8 Å². The van der Waals surface area contributed by atoms with E-state index in [4.69, 9.17) is 13.9 Å². The molecule has 0 saturated carbocycles. The summed E-state index contributed by atoms with van der Waals surface area (Å²) in [6.45, 7) is 0.297. The second-order valence-corrected chi connectivity index (χ2v) is 10.3. The Bertz CT molecular complexity index is 1410. The fraction of sp³-hybridized carbons (Fsp3) is 0.321. The Balaban J connectivity index is 1.37. The second kappa shape index (κ2) is 15.3. The number of nitrogens with zero attached hydrogens (tertiary/aromatic N) is 2. The number of ether oxygens (including phenoxy) is 2. The van der Waals surface area contributed by atoms with Gasteiger partial charge in [-0.1, -0.05) is 30.3 Å². The van der Waals surface area contributed by atoms with E-state index in [1.54, 1.807) is 18.2 Å². The number of carbonyl (C=O) groups excluding carboxylic acids is 3. The maximum Gasteiger partial charge on any atom is 0.415 e. The summed E-state index contributed by atoms with van der Waals surface area (Å²) in [5, 5.41) is 11.9. The first-order chi connectivity index (χ1) is 19.6. The topological polar surface area (TPSA) is 156 Å². The maximum absolute atomic E-state index is 12.4. The van der Waals surface area contributed by atoms with Crippen LogP contribution in [0.25, 0.3) is 11.0 Å². The van der Waals surface area contributed by atoms with Gasteiger partial charge in [-0.15, -0.1) is 11.8 Å². The van der Waals surface area contributed by atoms with Crippen molar-refractivity contribution in [3.63, 3.8) is 0 Å². The molecule has 218 valence electrons. The summed E-state index contributed by atoms with van der Waals surface area (Å²) in [5.74, 6) is -0.900. The van der Waals surface area contributed by atoms with E-state index >= 15 is 0 Å². The molecule has 3 amide bonds. The van der Waals surface area contributed by atoms with Gasteiger partial charge < -0.3 is 34.1 Å². The third-order valence-electron chi connectivity index (χ3n) is 5.71. The number of carbonyl (C=O) groups is 4. The molecular formula is C28H31N3O9S. The minimum atomic E-state index is -1.06. The lowest BCUT2D eigenvalue weighted by Crippen LogP contribution is -2.39. The molecule has 1 atom stereocenters. The number of hydrogen-bond acceptors (Lipinski definition) is 9. The van der Waals surface area contributed by atoms with E-state index in [2.05, 4.69) is 5.32 Å². The van der Waals surface area contributed by atoms with E-state index in [9.17, 15) is 29.1 Å². The van der Waals surface area contributed by atoms with Crippen LogP contribution in [-0.4, -0.2) is 83.9 Å². The molecule has 41 heavy (non-hydrogen) atoms. The van der Waals surface area contributed by atoms with E-state index in [-0.39, 0.29) is 55.5 Å². The van der Waals surface area contributed by atoms with Crippen LogP contribution in [0, 0.1) is 0 Å². The molecule has 0 aliphatic carbocycles. The quantitative estimate of drug-likeness (QED) is 0.174. The van der Waals surface area contributed by atoms with Crippen LogP contribution < -0.4 is 15.7 Å². The van der Waals surface area contributed by atoms with Gasteiger partial charge in [0.25, 0.3) is 0 Å². The Morgan fingerprint density at radius 2 is 1.66 bits per heavy atom. The van der Waals surface area contributed by atoms with Gasteiger partial charge in [0.2, 0.25) is 5.91 Å². The Morgan fingerprint density at radius 1 is 0.976 bits per heavy atom. The van der Waals surface area contributed by atoms with Gasteiger partial charge in [-0.3, -0.25) is 9.59 Å². The number of aliphatic carboxylic acids is 1. The second-order valence-electron chi connectivity index (χ2n) is 8.97. The van der Waals surface area contributed by atoms with Gasteiger partial charge in [-0.25, -0.2) is 14.4 Å². The summed E-state index contributed by atoms with van der Waals surface area (Å²) in [6, 6.07) is 16.7. The molecule has 0 bridgehead atoms. The van der Waals surface area contributed by atoms with Crippen LogP contribution in [0.5, 0.6) is 5.75 Å². The van der Waals surface area contributed by atoms with Gasteiger partial charge in [-0.2, -0.15) is 0 Å². The molecule has 2 N–H and O–H groups in total. The molecular weight excluding hydrogens is 554 g/mol. The summed E-state index contributed by atoms with van der Waals surface area (Å²) in [7, 11) is 3.02. The number of carboxylic acid groups (broad SMARTS) is 1. The Hall–Kier alpha value is -4.52. The van der Waals surface area contributed by atoms with Gasteiger partial charge in [0.05, 0.1) is 18.2 Å². The van der Waals surface area contributed by atoms with Gasteiger partial charge in [0.15, 0.2) is 0 Å². The largest absolute Gasteiger partial charge is 0.481 e. The fourth-order valence-electron chi connectivity index (χ4n) is 3.52. The van der Waals surface area contributed by atoms with Crippen LogP contribution in [0.2, 0.25) is 0 Å². The van der Waals surface area contributed by atoms with Crippen LogP contribution in [0.3, 0.4) is 0 Å². The molecule has 0 radical (unpaired) electrons. The van der Waals surface area contributed by atoms with Gasteiger partial charge in [-0.05, 0) is 23.8 Å². The van der Waals surface area contributed by atoms with Crippen LogP contribution in [0.4, 0.5) is 9.59 Å². The number of rotatable bonds is 13. The number of nitrogens with one attached hydrogen (secondary N) is 1. The number of carboxylic acids is 1. The van der Waals surface area contributed by atoms with Crippen molar-refractivity contribution < 1.29 is 38.2 Å². The number of fused-ring (bicyclic) bond motifs is 1. The smallest absolute Gasteiger partial charge is 0.415 e. The molecule has 1 aromatic heterocycles. The third kappa shape index (κ3) is 10.5. The standard InChI is InChI=1S/C28H31N3O9S/c1-30(12-13-31(2)28(37)39-21-10-8-20-9-11-26(35)40-22(20)17-21)27(36)38-14-15-41-24(18-25(33)34)29-23(32)16-19-6-4-3-5-7-19/h3-11,17,24H,12-16,18H2,1-2H3,(H,29,32)(H,33,34). The van der Waals surface area contributed by atoms with Crippen molar-refractivity contribution in [1.29, 1.82) is 0 Å². The molecule has 2 aromatic carbocycles. The van der Waals surface area contributed by atoms with Crippen molar-refractivity contribution in [1.82, 2.24) is 15.1 Å². The van der Waals surface area contributed by atoms with Crippen LogP contribution in [0.1, 0.15) is 12.0 Å². The van der Waals surface area contributed by atoms with Crippen LogP contribution in [-0.2, 0) is 20.7 Å². The Labute approximate surface area is 240 Å². The molecule has 0 aliphatic heterocycles. The minimum Gasteiger partial charge on any atom is -0.481 e. The first-order valence-corrected chi connectivity index (χ1v) is 13.7. The molecule has 13 heteroatoms. The molecule has 0 saturated heterocycles. The summed E-state index contributed by atoms with van der Waals surface area (Å²) in [5.41, 5.74) is 0.579. The Morgan fingerprint density at radius 3 is 2.37 bits per heavy atom. The highest BCUT2D eigenvalue weighted by Crippen LogP contribution is 2.20. The first kappa shape index (κ1) is 31.0. The lowest BCUT2D eigenvalue weighted by molar-refractivity contribution is -0.137. The normalized spacial score (nSPS) is 11.4. The van der Waals surface area contributed by atoms with E-state index in [0.717, 1.165) is 17.3 Å². The fourth-order valence-corrected chi connectivity index (χ4v) is 4.46. The maximum atomic E-state index is 12.4. The summed E-state index contributed by atoms with van der Waals surface area (Å²) in [4.78, 5) is 62.3. The van der Waals surface area contributed by atoms with Gasteiger partial charge >= 0.3 is 23.8 Å². The predicted octanol–water partition coefficient (Wildman–Crippen LogP) is 3.18. The number of amides is 3. The van der Waals surface area contributed by atoms with E-state index in [1.165, 1.54) is 36.0 Å². The molecule has 3 aromatic rings. The summed E-state index contributed by atoms with van der Waals surface area (Å²) >= 11 is 1.16. The lowest BCUT2D eigenvalue weighted by Gasteiger charge is -2.22. The predicted molar refractivity (Wildman–Crippen MR) is 152 cm³/mol. The van der Waals surface area contributed by atoms with Crippen molar-refractivity contribution in [2.75, 3.05) is 39.5 Å². The zero-order chi connectivity index (χ0) is 29.8. The number of hydrogen-bond donors (Lipinski definition) is 2. The third-order valence-corrected chi connectivity index (χ3v) is 6.80. The van der Waals surface area contributed by atoms with Gasteiger partial charge in [0, 0.05) is 50.5 Å². The monoisotopic (exact) mass is 585 g/mol. The van der Waals surface area contributed by atoms with E-state index in [1.807, 2.05) is 30.3 Å². The van der Waals surface area contributed by atoms with Crippen molar-refractivity contribution in [3.8, 4) is 5.75 Å². The highest BCUT2D eigenvalue weighted by molar-refractivity contribution is 7.99. The van der Waals surface area contributed by atoms with Crippen molar-refractivity contribution in [3.05, 3.63) is 76.6 Å². The average Bonchev–Trinajstić information content (AvgIpc) is 2.93. The highest BCUT2D eigenvalue weighted by atomic mass is 32.2.